The van der Waals surface area contributed by atoms with E-state index in [4.69, 9.17) is 4.42 Å². The summed E-state index contributed by atoms with van der Waals surface area (Å²) in [4.78, 5) is 12.0. The van der Waals surface area contributed by atoms with E-state index in [0.717, 1.165) is 16.3 Å². The van der Waals surface area contributed by atoms with Crippen LogP contribution in [0.25, 0.3) is 10.8 Å². The Morgan fingerprint density at radius 3 is 2.61 bits per heavy atom. The lowest BCUT2D eigenvalue weighted by Gasteiger charge is -2.04. The van der Waals surface area contributed by atoms with Crippen molar-refractivity contribution in [2.24, 2.45) is 0 Å². The van der Waals surface area contributed by atoms with E-state index in [1.54, 1.807) is 12.1 Å². The van der Waals surface area contributed by atoms with Crippen molar-refractivity contribution >= 4 is 16.6 Å². The van der Waals surface area contributed by atoms with Gasteiger partial charge in [-0.05, 0) is 28.5 Å². The number of benzene rings is 2. The molecule has 0 unspecified atom stereocenters. The molecule has 3 aromatic rings. The van der Waals surface area contributed by atoms with Crippen LogP contribution in [0.5, 0.6) is 0 Å². The Hall–Kier alpha value is -2.35. The van der Waals surface area contributed by atoms with Gasteiger partial charge in [0.1, 0.15) is 0 Å². The Balaban J connectivity index is 1.98. The van der Waals surface area contributed by atoms with Crippen molar-refractivity contribution in [3.63, 3.8) is 0 Å². The number of carbonyl (C=O) groups excluding carboxylic acids is 1. The van der Waals surface area contributed by atoms with Crippen LogP contribution in [0.15, 0.2) is 65.3 Å². The van der Waals surface area contributed by atoms with E-state index in [1.807, 2.05) is 30.3 Å². The molecule has 2 nitrogen and oxygen atoms in total. The summed E-state index contributed by atoms with van der Waals surface area (Å²) in [5, 5.41) is 2.28. The van der Waals surface area contributed by atoms with E-state index >= 15 is 0 Å². The standard InChI is InChI=1S/C16H12O2/c17-15(16-9-4-10-18-16)11-13-7-3-6-12-5-1-2-8-14(12)13/h1-10H,11H2. The fourth-order valence-corrected chi connectivity index (χ4v) is 2.14. The van der Waals surface area contributed by atoms with E-state index in [1.165, 1.54) is 6.26 Å². The molecule has 0 aliphatic carbocycles. The lowest BCUT2D eigenvalue weighted by molar-refractivity contribution is 0.0967. The zero-order valence-corrected chi connectivity index (χ0v) is 9.80. The molecular weight excluding hydrogens is 224 g/mol. The second-order valence-electron chi connectivity index (χ2n) is 4.22. The van der Waals surface area contributed by atoms with Crippen molar-refractivity contribution in [2.75, 3.05) is 0 Å². The van der Waals surface area contributed by atoms with Crippen LogP contribution < -0.4 is 0 Å². The highest BCUT2D eigenvalue weighted by atomic mass is 16.3. The summed E-state index contributed by atoms with van der Waals surface area (Å²) in [6.45, 7) is 0. The predicted octanol–water partition coefficient (Wildman–Crippen LogP) is 3.86. The first-order valence-corrected chi connectivity index (χ1v) is 5.88. The Morgan fingerprint density at radius 2 is 1.78 bits per heavy atom. The molecule has 1 aromatic heterocycles. The average Bonchev–Trinajstić information content (AvgIpc) is 2.93. The van der Waals surface area contributed by atoms with Crippen LogP contribution in [0.3, 0.4) is 0 Å². The number of hydrogen-bond donors (Lipinski definition) is 0. The molecule has 0 saturated heterocycles. The largest absolute Gasteiger partial charge is 0.461 e. The Labute approximate surface area is 105 Å². The molecule has 0 aliphatic heterocycles. The number of carbonyl (C=O) groups is 1. The predicted molar refractivity (Wildman–Crippen MR) is 70.7 cm³/mol. The van der Waals surface area contributed by atoms with Gasteiger partial charge in [0.25, 0.3) is 0 Å². The number of fused-ring (bicyclic) bond motifs is 1. The van der Waals surface area contributed by atoms with Gasteiger partial charge in [0.2, 0.25) is 5.78 Å². The summed E-state index contributed by atoms with van der Waals surface area (Å²) < 4.78 is 5.13. The third kappa shape index (κ3) is 1.93. The molecule has 0 amide bonds. The minimum absolute atomic E-state index is 0.0105. The smallest absolute Gasteiger partial charge is 0.202 e. The van der Waals surface area contributed by atoms with Crippen LogP contribution in [0.2, 0.25) is 0 Å². The number of rotatable bonds is 3. The molecular formula is C16H12O2. The summed E-state index contributed by atoms with van der Waals surface area (Å²) in [5.41, 5.74) is 1.04. The Kier molecular flexibility index (Phi) is 2.69. The van der Waals surface area contributed by atoms with Gasteiger partial charge >= 0.3 is 0 Å². The second-order valence-corrected chi connectivity index (χ2v) is 4.22. The van der Waals surface area contributed by atoms with Gasteiger partial charge in [-0.25, -0.2) is 0 Å². The third-order valence-corrected chi connectivity index (χ3v) is 3.03. The molecule has 0 fully saturated rings. The molecule has 1 heterocycles. The fourth-order valence-electron chi connectivity index (χ4n) is 2.14. The van der Waals surface area contributed by atoms with Crippen molar-refractivity contribution in [3.8, 4) is 0 Å². The minimum atomic E-state index is 0.0105. The van der Waals surface area contributed by atoms with Gasteiger partial charge in [0.15, 0.2) is 5.76 Å². The monoisotopic (exact) mass is 236 g/mol. The SMILES string of the molecule is O=C(Cc1cccc2ccccc12)c1ccco1. The van der Waals surface area contributed by atoms with E-state index in [9.17, 15) is 4.79 Å². The van der Waals surface area contributed by atoms with Crippen LogP contribution in [-0.4, -0.2) is 5.78 Å². The molecule has 0 bridgehead atoms. The number of furan rings is 1. The van der Waals surface area contributed by atoms with Crippen LogP contribution in [0.4, 0.5) is 0 Å². The average molecular weight is 236 g/mol. The topological polar surface area (TPSA) is 30.2 Å². The van der Waals surface area contributed by atoms with Crippen molar-refractivity contribution < 1.29 is 9.21 Å². The molecule has 0 atom stereocenters. The maximum Gasteiger partial charge on any atom is 0.202 e. The molecule has 2 aromatic carbocycles. The maximum absolute atomic E-state index is 12.0. The highest BCUT2D eigenvalue weighted by Crippen LogP contribution is 2.20. The first-order chi connectivity index (χ1) is 8.84. The van der Waals surface area contributed by atoms with E-state index in [0.29, 0.717) is 12.2 Å². The molecule has 0 saturated carbocycles. The van der Waals surface area contributed by atoms with Crippen LogP contribution >= 0.6 is 0 Å². The molecule has 0 spiro atoms. The van der Waals surface area contributed by atoms with Gasteiger partial charge in [-0.15, -0.1) is 0 Å². The lowest BCUT2D eigenvalue weighted by atomic mass is 10.00. The molecule has 18 heavy (non-hydrogen) atoms. The molecule has 88 valence electrons. The molecule has 0 radical (unpaired) electrons. The van der Waals surface area contributed by atoms with Crippen molar-refractivity contribution in [1.82, 2.24) is 0 Å². The van der Waals surface area contributed by atoms with Crippen molar-refractivity contribution in [3.05, 3.63) is 72.2 Å². The van der Waals surface area contributed by atoms with Crippen LogP contribution in [0.1, 0.15) is 16.1 Å². The number of hydrogen-bond acceptors (Lipinski definition) is 2. The van der Waals surface area contributed by atoms with Crippen molar-refractivity contribution in [2.45, 2.75) is 6.42 Å². The van der Waals surface area contributed by atoms with Gasteiger partial charge in [-0.1, -0.05) is 42.5 Å². The second kappa shape index (κ2) is 4.49. The van der Waals surface area contributed by atoms with Crippen molar-refractivity contribution in [1.29, 1.82) is 0 Å². The van der Waals surface area contributed by atoms with Crippen LogP contribution in [-0.2, 0) is 6.42 Å². The summed E-state index contributed by atoms with van der Waals surface area (Å²) in [6.07, 6.45) is 1.89. The van der Waals surface area contributed by atoms with E-state index in [2.05, 4.69) is 12.1 Å². The normalized spacial score (nSPS) is 10.7. The number of Topliss-reactive ketones (excluding diaryl/α,β-unsaturated/α-hetero) is 1. The van der Waals surface area contributed by atoms with Gasteiger partial charge in [0.05, 0.1) is 6.26 Å². The highest BCUT2D eigenvalue weighted by molar-refractivity contribution is 5.98. The first kappa shape index (κ1) is 10.8. The maximum atomic E-state index is 12.0. The zero-order chi connectivity index (χ0) is 12.4. The first-order valence-electron chi connectivity index (χ1n) is 5.88. The fraction of sp³-hybridized carbons (Fsp3) is 0.0625. The van der Waals surface area contributed by atoms with E-state index in [-0.39, 0.29) is 5.78 Å². The Morgan fingerprint density at radius 1 is 0.944 bits per heavy atom. The highest BCUT2D eigenvalue weighted by Gasteiger charge is 2.11. The molecule has 0 aliphatic rings. The summed E-state index contributed by atoms with van der Waals surface area (Å²) in [6, 6.07) is 17.5. The van der Waals surface area contributed by atoms with Crippen LogP contribution in [0, 0.1) is 0 Å². The third-order valence-electron chi connectivity index (χ3n) is 3.03. The summed E-state index contributed by atoms with van der Waals surface area (Å²) in [7, 11) is 0. The molecule has 0 N–H and O–H groups in total. The minimum Gasteiger partial charge on any atom is -0.461 e. The van der Waals surface area contributed by atoms with Gasteiger partial charge in [-0.2, -0.15) is 0 Å². The molecule has 2 heteroatoms. The van der Waals surface area contributed by atoms with Gasteiger partial charge in [0, 0.05) is 6.42 Å². The van der Waals surface area contributed by atoms with E-state index < -0.39 is 0 Å². The lowest BCUT2D eigenvalue weighted by Crippen LogP contribution is -2.02. The summed E-state index contributed by atoms with van der Waals surface area (Å²) in [5.74, 6) is 0.430. The molecule has 3 rings (SSSR count). The Bertz CT molecular complexity index is 676. The van der Waals surface area contributed by atoms with Gasteiger partial charge < -0.3 is 4.42 Å². The van der Waals surface area contributed by atoms with Gasteiger partial charge in [-0.3, -0.25) is 4.79 Å². The number of ketones is 1. The quantitative estimate of drug-likeness (QED) is 0.646. The zero-order valence-electron chi connectivity index (χ0n) is 9.80. The summed E-state index contributed by atoms with van der Waals surface area (Å²) >= 11 is 0.